The zero-order valence-corrected chi connectivity index (χ0v) is 34.3. The van der Waals surface area contributed by atoms with Crippen LogP contribution in [0, 0.1) is 0 Å². The van der Waals surface area contributed by atoms with Crippen LogP contribution in [-0.4, -0.2) is 19.5 Å². The molecule has 4 nitrogen and oxygen atoms in total. The topological polar surface area (TPSA) is 43.6 Å². The molecule has 0 radical (unpaired) electrons. The van der Waals surface area contributed by atoms with E-state index in [-0.39, 0.29) is 0 Å². The van der Waals surface area contributed by atoms with Crippen LogP contribution in [0.15, 0.2) is 218 Å². The van der Waals surface area contributed by atoms with E-state index >= 15 is 0 Å². The molecule has 0 saturated carbocycles. The van der Waals surface area contributed by atoms with Crippen molar-refractivity contribution in [1.29, 1.82) is 0 Å². The predicted molar refractivity (Wildman–Crippen MR) is 260 cm³/mol. The minimum atomic E-state index is 0.639. The summed E-state index contributed by atoms with van der Waals surface area (Å²) in [6, 6.07) is 77.7. The molecule has 3 heterocycles. The average molecular weight is 809 g/mol. The van der Waals surface area contributed by atoms with Crippen LogP contribution in [0.3, 0.4) is 0 Å². The fourth-order valence-electron chi connectivity index (χ4n) is 8.77. The van der Waals surface area contributed by atoms with Gasteiger partial charge < -0.3 is 4.57 Å². The molecule has 0 fully saturated rings. The molecule has 290 valence electrons. The molecule has 0 aliphatic rings. The lowest BCUT2D eigenvalue weighted by molar-refractivity contribution is 1.07. The second-order valence-corrected chi connectivity index (χ2v) is 16.7. The molecule has 0 N–H and O–H groups in total. The summed E-state index contributed by atoms with van der Waals surface area (Å²) < 4.78 is 4.89. The van der Waals surface area contributed by atoms with Crippen LogP contribution >= 0.6 is 11.3 Å². The van der Waals surface area contributed by atoms with Crippen LogP contribution < -0.4 is 0 Å². The third-order valence-electron chi connectivity index (χ3n) is 11.9. The van der Waals surface area contributed by atoms with Crippen LogP contribution in [0.2, 0.25) is 0 Å². The van der Waals surface area contributed by atoms with E-state index in [0.717, 1.165) is 33.5 Å². The summed E-state index contributed by atoms with van der Waals surface area (Å²) in [5, 5.41) is 4.98. The van der Waals surface area contributed by atoms with E-state index in [2.05, 4.69) is 205 Å². The fourth-order valence-corrected chi connectivity index (χ4v) is 9.92. The van der Waals surface area contributed by atoms with Gasteiger partial charge in [0.05, 0.1) is 11.0 Å². The first-order chi connectivity index (χ1) is 30.7. The monoisotopic (exact) mass is 808 g/mol. The molecular weight excluding hydrogens is 773 g/mol. The molecule has 3 aromatic heterocycles. The molecular formula is C57H36N4S. The maximum atomic E-state index is 5.10. The number of fused-ring (bicyclic) bond motifs is 6. The van der Waals surface area contributed by atoms with Gasteiger partial charge in [0.2, 0.25) is 0 Å². The standard InChI is InChI=1S/C57H36N4S/c1-4-13-37(14-5-1)43-28-31-51-49(34-43)50-35-44(38-15-6-2-7-16-38)29-32-52(50)61(51)46-20-12-19-42(33-46)39-23-25-41(26-24-39)56-58-55(40-17-8-3-9-18-40)59-57(60-56)45-27-30-48-47-21-10-11-22-53(47)62-54(48)36-45/h1-36H. The highest BCUT2D eigenvalue weighted by molar-refractivity contribution is 7.25. The summed E-state index contributed by atoms with van der Waals surface area (Å²) in [7, 11) is 0. The molecule has 0 unspecified atom stereocenters. The Balaban J connectivity index is 0.936. The Kier molecular flexibility index (Phi) is 8.65. The Morgan fingerprint density at radius 2 is 0.710 bits per heavy atom. The second kappa shape index (κ2) is 14.9. The first-order valence-corrected chi connectivity index (χ1v) is 21.7. The Bertz CT molecular complexity index is 3510. The molecule has 62 heavy (non-hydrogen) atoms. The van der Waals surface area contributed by atoms with Gasteiger partial charge in [0.1, 0.15) is 0 Å². The predicted octanol–water partition coefficient (Wildman–Crippen LogP) is 15.3. The summed E-state index contributed by atoms with van der Waals surface area (Å²) in [6.45, 7) is 0. The highest BCUT2D eigenvalue weighted by Gasteiger charge is 2.17. The van der Waals surface area contributed by atoms with Crippen molar-refractivity contribution < 1.29 is 0 Å². The van der Waals surface area contributed by atoms with Gasteiger partial charge in [-0.1, -0.05) is 170 Å². The highest BCUT2D eigenvalue weighted by atomic mass is 32.1. The molecule has 9 aromatic carbocycles. The van der Waals surface area contributed by atoms with Gasteiger partial charge in [-0.25, -0.2) is 15.0 Å². The summed E-state index contributed by atoms with van der Waals surface area (Å²) in [5.74, 6) is 1.94. The summed E-state index contributed by atoms with van der Waals surface area (Å²) in [6.07, 6.45) is 0. The zero-order valence-electron chi connectivity index (χ0n) is 33.5. The zero-order chi connectivity index (χ0) is 41.0. The third kappa shape index (κ3) is 6.35. The van der Waals surface area contributed by atoms with E-state index in [1.165, 1.54) is 64.2 Å². The number of hydrogen-bond acceptors (Lipinski definition) is 4. The van der Waals surface area contributed by atoms with E-state index in [4.69, 9.17) is 15.0 Å². The van der Waals surface area contributed by atoms with Crippen LogP contribution in [-0.2, 0) is 0 Å². The van der Waals surface area contributed by atoms with Gasteiger partial charge >= 0.3 is 0 Å². The quantitative estimate of drug-likeness (QED) is 0.161. The number of aromatic nitrogens is 4. The lowest BCUT2D eigenvalue weighted by Crippen LogP contribution is -2.00. The number of hydrogen-bond donors (Lipinski definition) is 0. The van der Waals surface area contributed by atoms with Crippen LogP contribution in [0.5, 0.6) is 0 Å². The Hall–Kier alpha value is -7.99. The van der Waals surface area contributed by atoms with Crippen molar-refractivity contribution >= 4 is 53.3 Å². The minimum Gasteiger partial charge on any atom is -0.309 e. The van der Waals surface area contributed by atoms with Crippen LogP contribution in [0.25, 0.3) is 115 Å². The molecule has 0 saturated heterocycles. The molecule has 12 aromatic rings. The SMILES string of the molecule is c1ccc(-c2ccc3c(c2)c2cc(-c4ccccc4)ccc2n3-c2cccc(-c3ccc(-c4nc(-c5ccccc5)nc(-c5ccc6c(c5)sc5ccccc56)n4)cc3)c2)cc1. The van der Waals surface area contributed by atoms with Gasteiger partial charge in [-0.15, -0.1) is 11.3 Å². The molecule has 0 amide bonds. The Morgan fingerprint density at radius 1 is 0.274 bits per heavy atom. The first-order valence-electron chi connectivity index (χ1n) is 20.8. The largest absolute Gasteiger partial charge is 0.309 e. The maximum absolute atomic E-state index is 5.10. The smallest absolute Gasteiger partial charge is 0.164 e. The fraction of sp³-hybridized carbons (Fsp3) is 0. The summed E-state index contributed by atoms with van der Waals surface area (Å²) in [5.41, 5.74) is 13.4. The first kappa shape index (κ1) is 35.9. The molecule has 0 aliphatic heterocycles. The van der Waals surface area contributed by atoms with Crippen molar-refractivity contribution in [2.75, 3.05) is 0 Å². The summed E-state index contributed by atoms with van der Waals surface area (Å²) >= 11 is 1.80. The molecule has 0 aliphatic carbocycles. The van der Waals surface area contributed by atoms with E-state index in [1.54, 1.807) is 11.3 Å². The summed E-state index contributed by atoms with van der Waals surface area (Å²) in [4.78, 5) is 15.2. The van der Waals surface area contributed by atoms with Gasteiger partial charge in [0.25, 0.3) is 0 Å². The highest BCUT2D eigenvalue weighted by Crippen LogP contribution is 2.39. The van der Waals surface area contributed by atoms with E-state index < -0.39 is 0 Å². The van der Waals surface area contributed by atoms with Gasteiger partial charge in [0, 0.05) is 53.3 Å². The maximum Gasteiger partial charge on any atom is 0.164 e. The Labute approximate surface area is 362 Å². The van der Waals surface area contributed by atoms with Crippen LogP contribution in [0.4, 0.5) is 0 Å². The van der Waals surface area contributed by atoms with Crippen molar-refractivity contribution in [3.8, 4) is 73.2 Å². The van der Waals surface area contributed by atoms with E-state index in [1.807, 2.05) is 18.2 Å². The second-order valence-electron chi connectivity index (χ2n) is 15.6. The molecule has 0 spiro atoms. The normalized spacial score (nSPS) is 11.5. The number of rotatable bonds is 7. The van der Waals surface area contributed by atoms with Crippen molar-refractivity contribution in [2.45, 2.75) is 0 Å². The molecule has 0 atom stereocenters. The van der Waals surface area contributed by atoms with E-state index in [0.29, 0.717) is 17.5 Å². The number of benzene rings is 9. The minimum absolute atomic E-state index is 0.639. The van der Waals surface area contributed by atoms with Crippen molar-refractivity contribution in [3.05, 3.63) is 218 Å². The average Bonchev–Trinajstić information content (AvgIpc) is 3.89. The Morgan fingerprint density at radius 3 is 1.34 bits per heavy atom. The molecule has 0 bridgehead atoms. The van der Waals surface area contributed by atoms with Crippen molar-refractivity contribution in [2.24, 2.45) is 0 Å². The van der Waals surface area contributed by atoms with Crippen molar-refractivity contribution in [1.82, 2.24) is 19.5 Å². The van der Waals surface area contributed by atoms with Gasteiger partial charge in [0.15, 0.2) is 17.5 Å². The number of nitrogens with zero attached hydrogens (tertiary/aromatic N) is 4. The molecule has 5 heteroatoms. The van der Waals surface area contributed by atoms with Crippen molar-refractivity contribution in [3.63, 3.8) is 0 Å². The third-order valence-corrected chi connectivity index (χ3v) is 13.0. The molecule has 12 rings (SSSR count). The van der Waals surface area contributed by atoms with Gasteiger partial charge in [-0.05, 0) is 81.9 Å². The van der Waals surface area contributed by atoms with Crippen LogP contribution in [0.1, 0.15) is 0 Å². The van der Waals surface area contributed by atoms with Gasteiger partial charge in [-0.3, -0.25) is 0 Å². The number of thiophene rings is 1. The lowest BCUT2D eigenvalue weighted by Gasteiger charge is -2.12. The lowest BCUT2D eigenvalue weighted by atomic mass is 10.0. The van der Waals surface area contributed by atoms with E-state index in [9.17, 15) is 0 Å². The van der Waals surface area contributed by atoms with Gasteiger partial charge in [-0.2, -0.15) is 0 Å².